The van der Waals surface area contributed by atoms with Crippen LogP contribution in [0.4, 0.5) is 0 Å². The lowest BCUT2D eigenvalue weighted by molar-refractivity contribution is 0.0954. The zero-order chi connectivity index (χ0) is 15.5. The lowest BCUT2D eigenvalue weighted by Crippen LogP contribution is -2.25. The maximum atomic E-state index is 12.1. The second-order valence-electron chi connectivity index (χ2n) is 4.78. The van der Waals surface area contributed by atoms with Gasteiger partial charge in [0.1, 0.15) is 5.52 Å². The molecule has 2 aromatic carbocycles. The fraction of sp³-hybridized carbons (Fsp3) is 0.125. The third kappa shape index (κ3) is 3.24. The van der Waals surface area contributed by atoms with E-state index in [1.54, 1.807) is 30.3 Å². The first-order valence-electron chi connectivity index (χ1n) is 6.69. The van der Waals surface area contributed by atoms with Crippen LogP contribution >= 0.6 is 23.2 Å². The normalized spacial score (nSPS) is 10.8. The number of benzene rings is 2. The minimum Gasteiger partial charge on any atom is -0.443 e. The molecule has 0 saturated heterocycles. The van der Waals surface area contributed by atoms with Crippen molar-refractivity contribution in [3.05, 3.63) is 64.0 Å². The molecule has 1 N–H and O–H groups in total. The van der Waals surface area contributed by atoms with Crippen molar-refractivity contribution in [3.8, 4) is 0 Å². The van der Waals surface area contributed by atoms with Crippen LogP contribution in [0.3, 0.4) is 0 Å². The Balaban J connectivity index is 1.62. The van der Waals surface area contributed by atoms with Gasteiger partial charge in [0.05, 0.1) is 0 Å². The summed E-state index contributed by atoms with van der Waals surface area (Å²) < 4.78 is 5.15. The lowest BCUT2D eigenvalue weighted by Gasteiger charge is -2.07. The summed E-state index contributed by atoms with van der Waals surface area (Å²) >= 11 is 12.0. The van der Waals surface area contributed by atoms with E-state index in [4.69, 9.17) is 27.6 Å². The molecule has 0 unspecified atom stereocenters. The third-order valence-corrected chi connectivity index (χ3v) is 3.87. The summed E-state index contributed by atoms with van der Waals surface area (Å²) in [5, 5.41) is 4.06. The van der Waals surface area contributed by atoms with Gasteiger partial charge in [0.15, 0.2) is 12.0 Å². The lowest BCUT2D eigenvalue weighted by atomic mass is 10.1. The van der Waals surface area contributed by atoms with Crippen molar-refractivity contribution < 1.29 is 9.21 Å². The quantitative estimate of drug-likeness (QED) is 0.781. The van der Waals surface area contributed by atoms with Gasteiger partial charge >= 0.3 is 0 Å². The van der Waals surface area contributed by atoms with Crippen LogP contribution < -0.4 is 5.32 Å². The molecule has 0 saturated carbocycles. The molecule has 0 spiro atoms. The summed E-state index contributed by atoms with van der Waals surface area (Å²) in [6, 6.07) is 10.5. The van der Waals surface area contributed by atoms with Crippen LogP contribution in [0.25, 0.3) is 11.1 Å². The highest BCUT2D eigenvalue weighted by molar-refractivity contribution is 6.35. The maximum absolute atomic E-state index is 12.1. The Labute approximate surface area is 137 Å². The Morgan fingerprint density at radius 2 is 2.05 bits per heavy atom. The molecule has 3 aromatic rings. The van der Waals surface area contributed by atoms with Crippen LogP contribution in [-0.4, -0.2) is 17.4 Å². The molecular formula is C16H12Cl2N2O2. The molecule has 1 aromatic heterocycles. The van der Waals surface area contributed by atoms with E-state index in [9.17, 15) is 4.79 Å². The summed E-state index contributed by atoms with van der Waals surface area (Å²) in [6.45, 7) is 0.483. The number of hydrogen-bond donors (Lipinski definition) is 1. The number of halogens is 2. The first-order valence-corrected chi connectivity index (χ1v) is 7.44. The largest absolute Gasteiger partial charge is 0.443 e. The summed E-state index contributed by atoms with van der Waals surface area (Å²) in [6.07, 6.45) is 1.99. The number of hydrogen-bond acceptors (Lipinski definition) is 3. The van der Waals surface area contributed by atoms with Gasteiger partial charge < -0.3 is 9.73 Å². The topological polar surface area (TPSA) is 55.1 Å². The molecule has 0 radical (unpaired) electrons. The number of carbonyl (C=O) groups excluding carboxylic acids is 1. The molecule has 1 amide bonds. The number of nitrogens with zero attached hydrogens (tertiary/aromatic N) is 1. The number of fused-ring (bicyclic) bond motifs is 1. The number of carbonyl (C=O) groups is 1. The molecule has 0 aliphatic heterocycles. The van der Waals surface area contributed by atoms with Crippen LogP contribution in [-0.2, 0) is 6.42 Å². The zero-order valence-corrected chi connectivity index (χ0v) is 13.0. The fourth-order valence-corrected chi connectivity index (χ4v) is 2.64. The van der Waals surface area contributed by atoms with Gasteiger partial charge in [0, 0.05) is 22.2 Å². The van der Waals surface area contributed by atoms with Crippen molar-refractivity contribution >= 4 is 40.2 Å². The van der Waals surface area contributed by atoms with Gasteiger partial charge in [-0.25, -0.2) is 4.98 Å². The Kier molecular flexibility index (Phi) is 4.32. The summed E-state index contributed by atoms with van der Waals surface area (Å²) in [5.74, 6) is -0.157. The number of nitrogens with one attached hydrogen (secondary N) is 1. The molecule has 3 rings (SSSR count). The predicted octanol–water partition coefficient (Wildman–Crippen LogP) is 4.11. The molecule has 4 nitrogen and oxygen atoms in total. The number of oxazole rings is 1. The van der Waals surface area contributed by atoms with Gasteiger partial charge in [-0.3, -0.25) is 4.79 Å². The Morgan fingerprint density at radius 3 is 2.86 bits per heavy atom. The van der Waals surface area contributed by atoms with E-state index in [1.807, 2.05) is 6.07 Å². The average Bonchev–Trinajstić information content (AvgIpc) is 2.96. The maximum Gasteiger partial charge on any atom is 0.251 e. The molecule has 1 heterocycles. The van der Waals surface area contributed by atoms with Gasteiger partial charge in [-0.1, -0.05) is 29.3 Å². The second-order valence-corrected chi connectivity index (χ2v) is 5.62. The van der Waals surface area contributed by atoms with Crippen molar-refractivity contribution in [1.29, 1.82) is 0 Å². The van der Waals surface area contributed by atoms with E-state index in [0.29, 0.717) is 39.7 Å². The number of aromatic nitrogens is 1. The molecule has 22 heavy (non-hydrogen) atoms. The van der Waals surface area contributed by atoms with E-state index in [2.05, 4.69) is 10.3 Å². The highest BCUT2D eigenvalue weighted by atomic mass is 35.5. The predicted molar refractivity (Wildman–Crippen MR) is 86.5 cm³/mol. The minimum absolute atomic E-state index is 0.157. The fourth-order valence-electron chi connectivity index (χ4n) is 2.14. The standard InChI is InChI=1S/C16H12Cl2N2O2/c17-12-3-1-10(13(18)8-12)5-6-19-16(21)11-2-4-15-14(7-11)20-9-22-15/h1-4,7-9H,5-6H2,(H,19,21). The van der Waals surface area contributed by atoms with Crippen molar-refractivity contribution in [1.82, 2.24) is 10.3 Å². The smallest absolute Gasteiger partial charge is 0.251 e. The van der Waals surface area contributed by atoms with E-state index in [-0.39, 0.29) is 5.91 Å². The second kappa shape index (κ2) is 6.38. The van der Waals surface area contributed by atoms with Crippen molar-refractivity contribution in [3.63, 3.8) is 0 Å². The number of amides is 1. The van der Waals surface area contributed by atoms with Crippen LogP contribution in [0.1, 0.15) is 15.9 Å². The minimum atomic E-state index is -0.157. The first-order chi connectivity index (χ1) is 10.6. The van der Waals surface area contributed by atoms with E-state index in [1.165, 1.54) is 6.39 Å². The van der Waals surface area contributed by atoms with E-state index >= 15 is 0 Å². The Hall–Kier alpha value is -2.04. The molecular weight excluding hydrogens is 323 g/mol. The monoisotopic (exact) mass is 334 g/mol. The van der Waals surface area contributed by atoms with Crippen LogP contribution in [0.2, 0.25) is 10.0 Å². The van der Waals surface area contributed by atoms with Gasteiger partial charge in [-0.15, -0.1) is 0 Å². The highest BCUT2D eigenvalue weighted by Crippen LogP contribution is 2.21. The van der Waals surface area contributed by atoms with E-state index < -0.39 is 0 Å². The van der Waals surface area contributed by atoms with Crippen LogP contribution in [0, 0.1) is 0 Å². The third-order valence-electron chi connectivity index (χ3n) is 3.29. The van der Waals surface area contributed by atoms with Crippen molar-refractivity contribution in [2.45, 2.75) is 6.42 Å². The van der Waals surface area contributed by atoms with E-state index in [0.717, 1.165) is 5.56 Å². The Bertz CT molecular complexity index is 830. The molecule has 0 aliphatic rings. The van der Waals surface area contributed by atoms with Crippen molar-refractivity contribution in [2.24, 2.45) is 0 Å². The molecule has 0 fully saturated rings. The van der Waals surface area contributed by atoms with Gasteiger partial charge in [0.2, 0.25) is 0 Å². The van der Waals surface area contributed by atoms with Gasteiger partial charge in [-0.2, -0.15) is 0 Å². The van der Waals surface area contributed by atoms with Gasteiger partial charge in [0.25, 0.3) is 5.91 Å². The number of rotatable bonds is 4. The van der Waals surface area contributed by atoms with Gasteiger partial charge in [-0.05, 0) is 42.3 Å². The molecule has 0 aliphatic carbocycles. The summed E-state index contributed by atoms with van der Waals surface area (Å²) in [7, 11) is 0. The molecule has 0 bridgehead atoms. The van der Waals surface area contributed by atoms with Crippen LogP contribution in [0.15, 0.2) is 47.2 Å². The molecule has 112 valence electrons. The highest BCUT2D eigenvalue weighted by Gasteiger charge is 2.08. The zero-order valence-electron chi connectivity index (χ0n) is 11.5. The molecule has 0 atom stereocenters. The first kappa shape index (κ1) is 14.9. The van der Waals surface area contributed by atoms with Crippen LogP contribution in [0.5, 0.6) is 0 Å². The Morgan fingerprint density at radius 1 is 1.18 bits per heavy atom. The SMILES string of the molecule is O=C(NCCc1ccc(Cl)cc1Cl)c1ccc2ocnc2c1. The summed E-state index contributed by atoms with van der Waals surface area (Å²) in [5.41, 5.74) is 2.81. The average molecular weight is 335 g/mol. The summed E-state index contributed by atoms with van der Waals surface area (Å²) in [4.78, 5) is 16.1. The molecule has 6 heteroatoms. The van der Waals surface area contributed by atoms with Crippen molar-refractivity contribution in [2.75, 3.05) is 6.54 Å².